The van der Waals surface area contributed by atoms with Gasteiger partial charge in [-0.25, -0.2) is 0 Å². The minimum Gasteiger partial charge on any atom is -0.544 e. The summed E-state index contributed by atoms with van der Waals surface area (Å²) in [7, 11) is -10.4. The second-order valence-electron chi connectivity index (χ2n) is 10.8. The summed E-state index contributed by atoms with van der Waals surface area (Å²) in [4.78, 5) is 0. The Morgan fingerprint density at radius 3 is 1.88 bits per heavy atom. The summed E-state index contributed by atoms with van der Waals surface area (Å²) in [5.74, 6) is -0.0421. The molecule has 0 saturated heterocycles. The van der Waals surface area contributed by atoms with Crippen LogP contribution in [0.4, 0.5) is 13.2 Å². The Hall–Kier alpha value is -1.73. The topological polar surface area (TPSA) is 61.8 Å². The van der Waals surface area contributed by atoms with E-state index in [4.69, 9.17) is 8.85 Å². The van der Waals surface area contributed by atoms with Crippen LogP contribution in [0.5, 0.6) is 17.2 Å². The van der Waals surface area contributed by atoms with E-state index in [1.54, 1.807) is 0 Å². The lowest BCUT2D eigenvalue weighted by Gasteiger charge is -2.35. The molecular formula is C23H35F3O5SSi2. The quantitative estimate of drug-likeness (QED) is 0.150. The lowest BCUT2D eigenvalue weighted by Crippen LogP contribution is -2.33. The van der Waals surface area contributed by atoms with E-state index in [0.29, 0.717) is 5.56 Å². The molecule has 0 bridgehead atoms. The highest BCUT2D eigenvalue weighted by Gasteiger charge is 2.49. The maximum atomic E-state index is 13.0. The smallest absolute Gasteiger partial charge is 0.534 e. The summed E-state index contributed by atoms with van der Waals surface area (Å²) in [6, 6.07) is 2.47. The summed E-state index contributed by atoms with van der Waals surface area (Å²) in [6.45, 7) is 19.8. The summed E-state index contributed by atoms with van der Waals surface area (Å²) in [6.07, 6.45) is 3.90. The molecule has 0 aliphatic heterocycles. The minimum atomic E-state index is -5.86. The van der Waals surface area contributed by atoms with Crippen LogP contribution < -0.4 is 13.0 Å². The van der Waals surface area contributed by atoms with Crippen LogP contribution in [0.3, 0.4) is 0 Å². The van der Waals surface area contributed by atoms with Crippen LogP contribution in [-0.2, 0) is 10.1 Å². The number of hydrogen-bond acceptors (Lipinski definition) is 5. The fourth-order valence-corrected chi connectivity index (χ4v) is 5.96. The highest BCUT2D eigenvalue weighted by molar-refractivity contribution is 7.88. The normalized spacial score (nSPS) is 19.9. The molecule has 0 aromatic heterocycles. The van der Waals surface area contributed by atoms with Gasteiger partial charge in [0.25, 0.3) is 0 Å². The first-order valence-electron chi connectivity index (χ1n) is 11.1. The standard InChI is InChI=1S/C23H35F3O5SSi2/c1-15(2)18-11-10-16(3)12-19(18)22-20(30-33(4,5)6)13-17(14-21(22)31-34(7,8)9)29-32(27,28)23(24,25)26/h12-14,18-19H,1,10-11H2,2-9H3. The molecule has 1 aliphatic carbocycles. The van der Waals surface area contributed by atoms with Crippen LogP contribution in [0.2, 0.25) is 39.3 Å². The van der Waals surface area contributed by atoms with Crippen molar-refractivity contribution >= 4 is 26.8 Å². The predicted molar refractivity (Wildman–Crippen MR) is 134 cm³/mol. The second-order valence-corrected chi connectivity index (χ2v) is 21.2. The Balaban J connectivity index is 2.85. The van der Waals surface area contributed by atoms with E-state index in [1.165, 1.54) is 17.7 Å². The Kier molecular flexibility index (Phi) is 8.16. The van der Waals surface area contributed by atoms with Crippen molar-refractivity contribution in [3.8, 4) is 17.2 Å². The van der Waals surface area contributed by atoms with E-state index in [-0.39, 0.29) is 23.3 Å². The van der Waals surface area contributed by atoms with Crippen molar-refractivity contribution < 1.29 is 34.6 Å². The van der Waals surface area contributed by atoms with Gasteiger partial charge in [-0.05, 0) is 71.9 Å². The van der Waals surface area contributed by atoms with Gasteiger partial charge < -0.3 is 13.0 Å². The number of halogens is 3. The van der Waals surface area contributed by atoms with E-state index < -0.39 is 38.0 Å². The maximum Gasteiger partial charge on any atom is 0.534 e. The molecule has 0 amide bonds. The fourth-order valence-electron chi connectivity index (χ4n) is 3.86. The third-order valence-electron chi connectivity index (χ3n) is 5.11. The summed E-state index contributed by atoms with van der Waals surface area (Å²) >= 11 is 0. The molecule has 0 saturated carbocycles. The second kappa shape index (κ2) is 9.73. The van der Waals surface area contributed by atoms with Gasteiger partial charge in [-0.1, -0.05) is 23.8 Å². The van der Waals surface area contributed by atoms with Crippen LogP contribution in [0, 0.1) is 5.92 Å². The summed E-state index contributed by atoms with van der Waals surface area (Å²) < 4.78 is 79.7. The molecule has 192 valence electrons. The molecule has 0 fully saturated rings. The van der Waals surface area contributed by atoms with Crippen LogP contribution in [0.25, 0.3) is 0 Å². The molecule has 0 N–H and O–H groups in total. The third kappa shape index (κ3) is 7.38. The van der Waals surface area contributed by atoms with E-state index in [2.05, 4.69) is 16.8 Å². The zero-order chi connectivity index (χ0) is 26.3. The number of hydrogen-bond donors (Lipinski definition) is 0. The van der Waals surface area contributed by atoms with Gasteiger partial charge in [0.15, 0.2) is 0 Å². The molecule has 2 rings (SSSR count). The lowest BCUT2D eigenvalue weighted by molar-refractivity contribution is -0.0500. The zero-order valence-electron chi connectivity index (χ0n) is 21.1. The van der Waals surface area contributed by atoms with Gasteiger partial charge in [0, 0.05) is 23.6 Å². The van der Waals surface area contributed by atoms with Crippen LogP contribution in [-0.4, -0.2) is 30.6 Å². The average molecular weight is 537 g/mol. The number of benzene rings is 1. The average Bonchev–Trinajstić information content (AvgIpc) is 2.56. The first-order valence-corrected chi connectivity index (χ1v) is 19.3. The molecule has 34 heavy (non-hydrogen) atoms. The van der Waals surface area contributed by atoms with Crippen molar-refractivity contribution in [1.29, 1.82) is 0 Å². The van der Waals surface area contributed by atoms with Gasteiger partial charge in [0.2, 0.25) is 16.6 Å². The van der Waals surface area contributed by atoms with Gasteiger partial charge in [-0.15, -0.1) is 0 Å². The molecule has 2 atom stereocenters. The van der Waals surface area contributed by atoms with Gasteiger partial charge in [-0.2, -0.15) is 21.6 Å². The Morgan fingerprint density at radius 1 is 1.03 bits per heavy atom. The van der Waals surface area contributed by atoms with E-state index in [1.807, 2.05) is 53.1 Å². The van der Waals surface area contributed by atoms with E-state index >= 15 is 0 Å². The van der Waals surface area contributed by atoms with Crippen LogP contribution in [0.1, 0.15) is 38.2 Å². The van der Waals surface area contributed by atoms with Crippen molar-refractivity contribution in [2.45, 2.75) is 77.4 Å². The van der Waals surface area contributed by atoms with Crippen molar-refractivity contribution in [3.63, 3.8) is 0 Å². The van der Waals surface area contributed by atoms with Gasteiger partial charge in [-0.3, -0.25) is 0 Å². The zero-order valence-corrected chi connectivity index (χ0v) is 23.9. The van der Waals surface area contributed by atoms with Crippen LogP contribution in [0.15, 0.2) is 35.9 Å². The fraction of sp³-hybridized carbons (Fsp3) is 0.565. The molecule has 1 aromatic carbocycles. The minimum absolute atomic E-state index is 0.0716. The Labute approximate surface area is 203 Å². The van der Waals surface area contributed by atoms with Crippen molar-refractivity contribution in [3.05, 3.63) is 41.5 Å². The molecule has 11 heteroatoms. The SMILES string of the molecule is C=C(C)C1CCC(C)=CC1c1c(O[Si](C)(C)C)cc(OS(=O)(=O)C(F)(F)F)cc1O[Si](C)(C)C. The van der Waals surface area contributed by atoms with Crippen LogP contribution >= 0.6 is 0 Å². The number of allylic oxidation sites excluding steroid dienone is 3. The van der Waals surface area contributed by atoms with Gasteiger partial charge >= 0.3 is 15.6 Å². The van der Waals surface area contributed by atoms with Crippen molar-refractivity contribution in [1.82, 2.24) is 0 Å². The van der Waals surface area contributed by atoms with Gasteiger partial charge in [0.1, 0.15) is 17.2 Å². The molecule has 5 nitrogen and oxygen atoms in total. The molecule has 1 aliphatic rings. The molecular weight excluding hydrogens is 501 g/mol. The highest BCUT2D eigenvalue weighted by atomic mass is 32.2. The third-order valence-corrected chi connectivity index (χ3v) is 7.76. The first-order chi connectivity index (χ1) is 15.2. The molecule has 2 unspecified atom stereocenters. The number of alkyl halides is 3. The van der Waals surface area contributed by atoms with E-state index in [0.717, 1.165) is 18.4 Å². The predicted octanol–water partition coefficient (Wildman–Crippen LogP) is 7.36. The first kappa shape index (κ1) is 28.5. The summed E-state index contributed by atoms with van der Waals surface area (Å²) in [5.41, 5.74) is -2.71. The number of rotatable bonds is 8. The van der Waals surface area contributed by atoms with Crippen molar-refractivity contribution in [2.24, 2.45) is 5.92 Å². The lowest BCUT2D eigenvalue weighted by atomic mass is 9.74. The highest BCUT2D eigenvalue weighted by Crippen LogP contribution is 2.49. The van der Waals surface area contributed by atoms with E-state index in [9.17, 15) is 21.6 Å². The maximum absolute atomic E-state index is 13.0. The molecule has 0 radical (unpaired) electrons. The Morgan fingerprint density at radius 2 is 1.50 bits per heavy atom. The molecule has 0 spiro atoms. The summed E-state index contributed by atoms with van der Waals surface area (Å²) in [5, 5.41) is 0. The monoisotopic (exact) mass is 536 g/mol. The molecule has 0 heterocycles. The van der Waals surface area contributed by atoms with Crippen molar-refractivity contribution in [2.75, 3.05) is 0 Å². The van der Waals surface area contributed by atoms with Gasteiger partial charge in [0.05, 0.1) is 0 Å². The Bertz CT molecular complexity index is 1030. The molecule has 1 aromatic rings. The largest absolute Gasteiger partial charge is 0.544 e.